The van der Waals surface area contributed by atoms with Gasteiger partial charge in [-0.25, -0.2) is 0 Å². The van der Waals surface area contributed by atoms with Crippen LogP contribution in [-0.4, -0.2) is 11.6 Å². The van der Waals surface area contributed by atoms with Crippen molar-refractivity contribution in [1.29, 1.82) is 0 Å². The zero-order valence-electron chi connectivity index (χ0n) is 9.71. The molecule has 15 heavy (non-hydrogen) atoms. The van der Waals surface area contributed by atoms with Crippen LogP contribution in [0.4, 0.5) is 0 Å². The largest absolute Gasteiger partial charge is 0.300 e. The number of Topliss-reactive ketones (excluding diaryl/α,β-unsaturated/α-hetero) is 2. The van der Waals surface area contributed by atoms with Gasteiger partial charge in [-0.1, -0.05) is 13.8 Å². The number of hydrogen-bond acceptors (Lipinski definition) is 2. The Kier molecular flexibility index (Phi) is 2.70. The molecular weight excluding hydrogens is 188 g/mol. The first-order chi connectivity index (χ1) is 6.96. The highest BCUT2D eigenvalue weighted by molar-refractivity contribution is 5.87. The quantitative estimate of drug-likeness (QED) is 0.613. The fourth-order valence-electron chi connectivity index (χ4n) is 3.38. The van der Waals surface area contributed by atoms with E-state index in [1.165, 1.54) is 0 Å². The van der Waals surface area contributed by atoms with Crippen molar-refractivity contribution in [1.82, 2.24) is 0 Å². The van der Waals surface area contributed by atoms with Crippen LogP contribution >= 0.6 is 0 Å². The van der Waals surface area contributed by atoms with E-state index in [9.17, 15) is 9.59 Å². The van der Waals surface area contributed by atoms with Crippen LogP contribution in [0.3, 0.4) is 0 Å². The SMILES string of the molecule is CC1(C)C[C@H]2CC(=O)CCC(=O)C[C@H]2C1. The van der Waals surface area contributed by atoms with Crippen molar-refractivity contribution < 1.29 is 9.59 Å². The van der Waals surface area contributed by atoms with Gasteiger partial charge in [-0.05, 0) is 30.1 Å². The molecule has 0 aromatic rings. The van der Waals surface area contributed by atoms with Crippen LogP contribution in [-0.2, 0) is 9.59 Å². The molecule has 0 radical (unpaired) electrons. The van der Waals surface area contributed by atoms with E-state index < -0.39 is 0 Å². The lowest BCUT2D eigenvalue weighted by atomic mass is 9.83. The van der Waals surface area contributed by atoms with Gasteiger partial charge in [0.2, 0.25) is 0 Å². The molecule has 2 aliphatic carbocycles. The summed E-state index contributed by atoms with van der Waals surface area (Å²) in [6, 6.07) is 0. The average Bonchev–Trinajstić information content (AvgIpc) is 2.35. The fourth-order valence-corrected chi connectivity index (χ4v) is 3.38. The Bertz CT molecular complexity index is 263. The minimum atomic E-state index is 0.302. The van der Waals surface area contributed by atoms with E-state index in [0.29, 0.717) is 41.7 Å². The maximum absolute atomic E-state index is 11.6. The Labute approximate surface area is 91.4 Å². The summed E-state index contributed by atoms with van der Waals surface area (Å²) in [5, 5.41) is 0. The smallest absolute Gasteiger partial charge is 0.133 e. The summed E-state index contributed by atoms with van der Waals surface area (Å²) in [5.74, 6) is 1.57. The first kappa shape index (κ1) is 10.8. The van der Waals surface area contributed by atoms with E-state index >= 15 is 0 Å². The van der Waals surface area contributed by atoms with E-state index in [1.54, 1.807) is 0 Å². The van der Waals surface area contributed by atoms with Crippen molar-refractivity contribution in [3.05, 3.63) is 0 Å². The lowest BCUT2D eigenvalue weighted by molar-refractivity contribution is -0.127. The van der Waals surface area contributed by atoms with Crippen molar-refractivity contribution in [2.45, 2.75) is 52.4 Å². The molecule has 0 bridgehead atoms. The predicted octanol–water partition coefficient (Wildman–Crippen LogP) is 2.75. The summed E-state index contributed by atoms with van der Waals surface area (Å²) in [4.78, 5) is 23.2. The van der Waals surface area contributed by atoms with Crippen molar-refractivity contribution in [3.63, 3.8) is 0 Å². The van der Waals surface area contributed by atoms with Crippen LogP contribution in [0.25, 0.3) is 0 Å². The van der Waals surface area contributed by atoms with Gasteiger partial charge in [0.05, 0.1) is 0 Å². The van der Waals surface area contributed by atoms with Gasteiger partial charge in [-0.3, -0.25) is 9.59 Å². The van der Waals surface area contributed by atoms with Crippen LogP contribution in [0.15, 0.2) is 0 Å². The first-order valence-electron chi connectivity index (χ1n) is 6.00. The second-order valence-corrected chi connectivity index (χ2v) is 6.08. The van der Waals surface area contributed by atoms with E-state index in [-0.39, 0.29) is 0 Å². The molecule has 2 heteroatoms. The third-order valence-corrected chi connectivity index (χ3v) is 3.96. The Hall–Kier alpha value is -0.660. The van der Waals surface area contributed by atoms with Crippen LogP contribution in [0.5, 0.6) is 0 Å². The summed E-state index contributed by atoms with van der Waals surface area (Å²) in [6.07, 6.45) is 4.67. The summed E-state index contributed by atoms with van der Waals surface area (Å²) in [7, 11) is 0. The molecule has 2 aliphatic rings. The molecule has 2 nitrogen and oxygen atoms in total. The second-order valence-electron chi connectivity index (χ2n) is 6.08. The topological polar surface area (TPSA) is 34.1 Å². The van der Waals surface area contributed by atoms with Gasteiger partial charge in [0.1, 0.15) is 11.6 Å². The molecule has 2 saturated carbocycles. The summed E-state index contributed by atoms with van der Waals surface area (Å²) >= 11 is 0. The van der Waals surface area contributed by atoms with Gasteiger partial charge < -0.3 is 0 Å². The van der Waals surface area contributed by atoms with Crippen molar-refractivity contribution in [2.75, 3.05) is 0 Å². The number of hydrogen-bond donors (Lipinski definition) is 0. The normalized spacial score (nSPS) is 35.9. The molecule has 0 aromatic heterocycles. The molecule has 2 rings (SSSR count). The highest BCUT2D eigenvalue weighted by Gasteiger charge is 2.41. The average molecular weight is 208 g/mol. The first-order valence-corrected chi connectivity index (χ1v) is 6.00. The van der Waals surface area contributed by atoms with Gasteiger partial charge in [0.15, 0.2) is 0 Å². The fraction of sp³-hybridized carbons (Fsp3) is 0.846. The third-order valence-electron chi connectivity index (χ3n) is 3.96. The Morgan fingerprint density at radius 3 is 1.73 bits per heavy atom. The lowest BCUT2D eigenvalue weighted by Crippen LogP contribution is -2.20. The zero-order chi connectivity index (χ0) is 11.1. The molecule has 0 aliphatic heterocycles. The van der Waals surface area contributed by atoms with Gasteiger partial charge in [0.25, 0.3) is 0 Å². The molecule has 0 aromatic carbocycles. The van der Waals surface area contributed by atoms with Crippen LogP contribution in [0.1, 0.15) is 52.4 Å². The minimum absolute atomic E-state index is 0.302. The molecular formula is C13H20O2. The van der Waals surface area contributed by atoms with Gasteiger partial charge in [-0.15, -0.1) is 0 Å². The number of carbonyl (C=O) groups is 2. The molecule has 0 spiro atoms. The van der Waals surface area contributed by atoms with Crippen LogP contribution < -0.4 is 0 Å². The third kappa shape index (κ3) is 2.47. The summed E-state index contributed by atoms with van der Waals surface area (Å²) in [5.41, 5.74) is 0.334. The number of rotatable bonds is 0. The van der Waals surface area contributed by atoms with Crippen LogP contribution in [0, 0.1) is 17.3 Å². The Morgan fingerprint density at radius 2 is 1.33 bits per heavy atom. The van der Waals surface area contributed by atoms with E-state index in [4.69, 9.17) is 0 Å². The standard InChI is InChI=1S/C13H20O2/c1-13(2)7-9-5-11(14)3-4-12(15)6-10(9)8-13/h9-10H,3-8H2,1-2H3/t9-,10+. The maximum Gasteiger partial charge on any atom is 0.133 e. The van der Waals surface area contributed by atoms with Crippen molar-refractivity contribution in [2.24, 2.45) is 17.3 Å². The second kappa shape index (κ2) is 3.73. The highest BCUT2D eigenvalue weighted by Crippen LogP contribution is 2.48. The van der Waals surface area contributed by atoms with Gasteiger partial charge in [-0.2, -0.15) is 0 Å². The van der Waals surface area contributed by atoms with E-state index in [1.807, 2.05) is 0 Å². The van der Waals surface area contributed by atoms with E-state index in [2.05, 4.69) is 13.8 Å². The molecule has 0 N–H and O–H groups in total. The molecule has 0 saturated heterocycles. The predicted molar refractivity (Wildman–Crippen MR) is 58.5 cm³/mol. The van der Waals surface area contributed by atoms with Crippen molar-refractivity contribution in [3.8, 4) is 0 Å². The number of fused-ring (bicyclic) bond motifs is 1. The van der Waals surface area contributed by atoms with Crippen LogP contribution in [0.2, 0.25) is 0 Å². The zero-order valence-corrected chi connectivity index (χ0v) is 9.71. The molecule has 0 heterocycles. The Balaban J connectivity index is 2.13. The summed E-state index contributed by atoms with van der Waals surface area (Å²) in [6.45, 7) is 4.51. The monoisotopic (exact) mass is 208 g/mol. The number of carbonyl (C=O) groups excluding carboxylic acids is 2. The summed E-state index contributed by atoms with van der Waals surface area (Å²) < 4.78 is 0. The van der Waals surface area contributed by atoms with E-state index in [0.717, 1.165) is 25.7 Å². The minimum Gasteiger partial charge on any atom is -0.300 e. The van der Waals surface area contributed by atoms with Crippen molar-refractivity contribution >= 4 is 11.6 Å². The molecule has 84 valence electrons. The lowest BCUT2D eigenvalue weighted by Gasteiger charge is -2.20. The molecule has 2 fully saturated rings. The molecule has 0 unspecified atom stereocenters. The molecule has 2 atom stereocenters. The maximum atomic E-state index is 11.6. The van der Waals surface area contributed by atoms with Gasteiger partial charge in [0, 0.05) is 25.7 Å². The number of ketones is 2. The Morgan fingerprint density at radius 1 is 0.933 bits per heavy atom. The highest BCUT2D eigenvalue weighted by atomic mass is 16.1. The van der Waals surface area contributed by atoms with Gasteiger partial charge >= 0.3 is 0 Å². The molecule has 0 amide bonds.